The molecular weight excluding hydrogens is 1160 g/mol. The minimum absolute atomic E-state index is 0.0885. The Kier molecular flexibility index (Phi) is 26.7. The standard InChI is InChI=1S/C63H90ClN9O15/c1-36(2)47(74)21-15-16-22-51(75)70-55(37(3)4)58(79)69-45(20-17-28-66-60(65)81)57(78)67-43-25-23-41(24-26-43)35-85-62(83)71(9)29-27-52(76)72(10)40(7)59(80)87-50-34-53(77)73(11)46-31-42(32-49(84-12)54(46)64)30-38(5)18-13-14-19-44-33-48(86-61(82)68-44)39(6)56-63(50,8)88-56/h13-14,18,23-26,31-32,36-37,39-40,44-45,48,50,55-56H,15-17,19-22,27-30,33-35H2,1-12H3,(H,67,78)(H,68,82)(H,69,79)(H,70,75)(H3,65,66,81)/b14-13+,38-18+/t39-,40+,44?,45+,48+,50+,55+,56+,63+/m1/s1. The number of carbonyl (C=O) groups is 10. The molecule has 3 heterocycles. The number of methoxy groups -OCH3 is 1. The van der Waals surface area contributed by atoms with Crippen molar-refractivity contribution in [3.05, 3.63) is 76.3 Å². The lowest BCUT2D eigenvalue weighted by Crippen LogP contribution is -2.54. The van der Waals surface area contributed by atoms with E-state index in [1.165, 1.54) is 42.8 Å². The highest BCUT2D eigenvalue weighted by Crippen LogP contribution is 2.49. The molecule has 2 aromatic carbocycles. The zero-order valence-electron chi connectivity index (χ0n) is 52.8. The molecule has 3 aliphatic rings. The number of nitrogens with one attached hydrogen (secondary N) is 5. The number of halogens is 1. The molecule has 0 radical (unpaired) electrons. The molecule has 3 aliphatic heterocycles. The zero-order valence-corrected chi connectivity index (χ0v) is 53.5. The third-order valence-electron chi connectivity index (χ3n) is 16.2. The van der Waals surface area contributed by atoms with Crippen LogP contribution in [0.25, 0.3) is 0 Å². The maximum Gasteiger partial charge on any atom is 0.409 e. The molecule has 2 saturated heterocycles. The summed E-state index contributed by atoms with van der Waals surface area (Å²) in [6, 6.07) is 5.84. The van der Waals surface area contributed by atoms with Crippen LogP contribution in [0, 0.1) is 17.8 Å². The van der Waals surface area contributed by atoms with E-state index < -0.39 is 89.9 Å². The second-order valence-corrected chi connectivity index (χ2v) is 24.3. The van der Waals surface area contributed by atoms with E-state index in [4.69, 9.17) is 41.0 Å². The Bertz CT molecular complexity index is 2900. The lowest BCUT2D eigenvalue weighted by atomic mass is 9.85. The maximum atomic E-state index is 14.4. The van der Waals surface area contributed by atoms with Crippen molar-refractivity contribution in [1.82, 2.24) is 31.1 Å². The van der Waals surface area contributed by atoms with E-state index in [1.807, 2.05) is 52.0 Å². The Hall–Kier alpha value is -7.73. The molecule has 2 fully saturated rings. The van der Waals surface area contributed by atoms with E-state index in [9.17, 15) is 47.9 Å². The topological polar surface area (TPSA) is 316 Å². The van der Waals surface area contributed by atoms with Crippen LogP contribution in [0.15, 0.2) is 60.2 Å². The molecule has 5 rings (SSSR count). The number of hydrogen-bond donors (Lipinski definition) is 6. The summed E-state index contributed by atoms with van der Waals surface area (Å²) in [5.41, 5.74) is 7.13. The second-order valence-electron chi connectivity index (χ2n) is 23.9. The number of Topliss-reactive ketones (excluding diaryl/α,β-unsaturated/α-hetero) is 1. The maximum absolute atomic E-state index is 14.4. The molecule has 0 spiro atoms. The largest absolute Gasteiger partial charge is 0.495 e. The SMILES string of the molecule is COc1cc2cc(c1Cl)N(C)C(=O)C[C@H](OC(=O)[C@H](C)N(C)C(=O)CCN(C)C(=O)OCc1ccc(NC(=O)[C@H](CCCNC(N)=O)NC(=O)[C@@H](NC(=O)CCCCC(=O)C(C)C)C(C)C)cc1)[C@]1(C)O[C@H]1[C@H](C)[C@@H]1CC(C/C=C/C=C(\C)C2)NC(=O)O1. The van der Waals surface area contributed by atoms with Crippen molar-refractivity contribution in [2.24, 2.45) is 23.5 Å². The highest BCUT2D eigenvalue weighted by atomic mass is 35.5. The smallest absolute Gasteiger partial charge is 0.409 e. The number of carbonyl (C=O) groups excluding carboxylic acids is 10. The van der Waals surface area contributed by atoms with Gasteiger partial charge in [0.25, 0.3) is 0 Å². The minimum atomic E-state index is -1.22. The molecule has 484 valence electrons. The number of epoxide rings is 1. The first-order valence-corrected chi connectivity index (χ1v) is 30.4. The third-order valence-corrected chi connectivity index (χ3v) is 16.6. The Morgan fingerprint density at radius 1 is 0.943 bits per heavy atom. The fourth-order valence-electron chi connectivity index (χ4n) is 10.3. The number of amides is 9. The molecule has 25 heteroatoms. The molecule has 2 aromatic rings. The predicted molar refractivity (Wildman–Crippen MR) is 330 cm³/mol. The van der Waals surface area contributed by atoms with Gasteiger partial charge in [-0.3, -0.25) is 28.8 Å². The van der Waals surface area contributed by atoms with Crippen LogP contribution < -0.4 is 42.0 Å². The number of esters is 1. The number of rotatable bonds is 25. The molecule has 1 unspecified atom stereocenters. The van der Waals surface area contributed by atoms with Gasteiger partial charge in [0.05, 0.1) is 25.3 Å². The molecule has 0 aromatic heterocycles. The van der Waals surface area contributed by atoms with Crippen LogP contribution in [0.4, 0.5) is 25.8 Å². The number of unbranched alkanes of at least 4 members (excludes halogenated alkanes) is 1. The summed E-state index contributed by atoms with van der Waals surface area (Å²) >= 11 is 6.83. The number of hydrogen-bond acceptors (Lipinski definition) is 15. The lowest BCUT2D eigenvalue weighted by molar-refractivity contribution is -0.162. The molecule has 4 bridgehead atoms. The molecule has 0 aliphatic carbocycles. The van der Waals surface area contributed by atoms with Crippen LogP contribution in [0.3, 0.4) is 0 Å². The first-order valence-electron chi connectivity index (χ1n) is 30.0. The number of nitrogens with two attached hydrogens (primary N) is 1. The van der Waals surface area contributed by atoms with Gasteiger partial charge in [-0.15, -0.1) is 0 Å². The highest BCUT2D eigenvalue weighted by molar-refractivity contribution is 6.35. The van der Waals surface area contributed by atoms with Gasteiger partial charge in [-0.1, -0.05) is 82.2 Å². The van der Waals surface area contributed by atoms with E-state index in [0.29, 0.717) is 61.2 Å². The van der Waals surface area contributed by atoms with Crippen molar-refractivity contribution in [2.75, 3.05) is 51.6 Å². The Morgan fingerprint density at radius 2 is 1.64 bits per heavy atom. The van der Waals surface area contributed by atoms with Gasteiger partial charge in [-0.2, -0.15) is 0 Å². The molecule has 7 N–H and O–H groups in total. The van der Waals surface area contributed by atoms with Crippen molar-refractivity contribution in [2.45, 2.75) is 181 Å². The van der Waals surface area contributed by atoms with Gasteiger partial charge >= 0.3 is 24.2 Å². The summed E-state index contributed by atoms with van der Waals surface area (Å²) in [6.07, 6.45) is 5.12. The number of anilines is 2. The van der Waals surface area contributed by atoms with Crippen LogP contribution in [0.2, 0.25) is 5.02 Å². The zero-order chi connectivity index (χ0) is 65.2. The molecule has 24 nitrogen and oxygen atoms in total. The monoisotopic (exact) mass is 1250 g/mol. The average molecular weight is 1250 g/mol. The predicted octanol–water partition coefficient (Wildman–Crippen LogP) is 7.03. The summed E-state index contributed by atoms with van der Waals surface area (Å²) in [4.78, 5) is 135. The molecule has 9 amide bonds. The van der Waals surface area contributed by atoms with Crippen LogP contribution in [0.5, 0.6) is 5.75 Å². The summed E-state index contributed by atoms with van der Waals surface area (Å²) in [6.45, 7) is 14.1. The van der Waals surface area contributed by atoms with E-state index in [0.717, 1.165) is 11.1 Å². The molecule has 9 atom stereocenters. The average Bonchev–Trinajstić information content (AvgIpc) is 1.68. The van der Waals surface area contributed by atoms with Crippen LogP contribution in [0.1, 0.15) is 131 Å². The Morgan fingerprint density at radius 3 is 2.30 bits per heavy atom. The fourth-order valence-corrected chi connectivity index (χ4v) is 10.6. The van der Waals surface area contributed by atoms with Gasteiger partial charge in [-0.05, 0) is 101 Å². The van der Waals surface area contributed by atoms with Gasteiger partial charge < -0.3 is 70.7 Å². The van der Waals surface area contributed by atoms with Gasteiger partial charge in [0.1, 0.15) is 59.1 Å². The number of ketones is 1. The van der Waals surface area contributed by atoms with Crippen LogP contribution >= 0.6 is 11.6 Å². The van der Waals surface area contributed by atoms with Gasteiger partial charge in [0.15, 0.2) is 0 Å². The van der Waals surface area contributed by atoms with Crippen molar-refractivity contribution < 1.29 is 71.6 Å². The second kappa shape index (κ2) is 33.0. The minimum Gasteiger partial charge on any atom is -0.495 e. The molecule has 88 heavy (non-hydrogen) atoms. The first kappa shape index (κ1) is 71.0. The number of allylic oxidation sites excluding steroid dienone is 3. The number of ether oxygens (including phenoxy) is 5. The number of alkyl carbamates (subject to hydrolysis) is 1. The summed E-state index contributed by atoms with van der Waals surface area (Å²) in [5.74, 6) is -3.63. The van der Waals surface area contributed by atoms with E-state index in [-0.39, 0.29) is 92.3 Å². The lowest BCUT2D eigenvalue weighted by Gasteiger charge is -2.33. The van der Waals surface area contributed by atoms with Crippen molar-refractivity contribution >= 4 is 82.5 Å². The van der Waals surface area contributed by atoms with Gasteiger partial charge in [0, 0.05) is 83.5 Å². The van der Waals surface area contributed by atoms with Crippen molar-refractivity contribution in [1.29, 1.82) is 0 Å². The van der Waals surface area contributed by atoms with Crippen molar-refractivity contribution in [3.63, 3.8) is 0 Å². The normalized spacial score (nSPS) is 22.1. The van der Waals surface area contributed by atoms with Crippen molar-refractivity contribution in [3.8, 4) is 5.75 Å². The highest BCUT2D eigenvalue weighted by Gasteiger charge is 2.64. The molecule has 0 saturated carbocycles. The number of fused-ring (bicyclic) bond motifs is 5. The van der Waals surface area contributed by atoms with E-state index in [2.05, 4.69) is 26.6 Å². The van der Waals surface area contributed by atoms with E-state index >= 15 is 0 Å². The van der Waals surface area contributed by atoms with E-state index in [1.54, 1.807) is 58.2 Å². The van der Waals surface area contributed by atoms with Crippen LogP contribution in [-0.4, -0.2) is 159 Å². The number of benzene rings is 2. The number of likely N-dealkylation sites (N-methyl/N-ethyl adjacent to an activating group) is 1. The number of nitrogens with zero attached hydrogens (tertiary/aromatic N) is 3. The van der Waals surface area contributed by atoms with Crippen LogP contribution in [-0.2, 0) is 65.5 Å². The summed E-state index contributed by atoms with van der Waals surface area (Å²) < 4.78 is 29.4. The molecular formula is C63H90ClN9O15. The third kappa shape index (κ3) is 20.7. The number of urea groups is 1. The summed E-state index contributed by atoms with van der Waals surface area (Å²) in [5, 5.41) is 13.9. The number of primary amides is 1. The quantitative estimate of drug-likeness (QED) is 0.0252. The fraction of sp³-hybridized carbons (Fsp3) is 0.587. The Balaban J connectivity index is 1.17. The Labute approximate surface area is 521 Å². The summed E-state index contributed by atoms with van der Waals surface area (Å²) in [7, 11) is 5.92. The van der Waals surface area contributed by atoms with Gasteiger partial charge in [0.2, 0.25) is 29.5 Å². The first-order chi connectivity index (χ1) is 41.5. The van der Waals surface area contributed by atoms with Gasteiger partial charge in [-0.25, -0.2) is 19.2 Å².